The smallest absolute Gasteiger partial charge is 0.191 e. The van der Waals surface area contributed by atoms with Crippen molar-refractivity contribution in [1.82, 2.24) is 10.6 Å². The standard InChI is InChI=1S/C19H29N3O3.HI/c1-4-20-19(22-17-11-16-9-10-18(17)25-16)21-12-13(2)24-15-7-5-14(23-3)6-8-15;/h5-8,13,16-18H,4,9-12H2,1-3H3,(H2,20,21,22);1H. The highest BCUT2D eigenvalue weighted by Crippen LogP contribution is 2.34. The summed E-state index contributed by atoms with van der Waals surface area (Å²) in [4.78, 5) is 4.68. The van der Waals surface area contributed by atoms with Crippen LogP contribution in [-0.2, 0) is 4.74 Å². The van der Waals surface area contributed by atoms with E-state index in [1.807, 2.05) is 31.2 Å². The molecule has 2 N–H and O–H groups in total. The van der Waals surface area contributed by atoms with E-state index in [-0.39, 0.29) is 30.1 Å². The summed E-state index contributed by atoms with van der Waals surface area (Å²) in [7, 11) is 1.66. The maximum Gasteiger partial charge on any atom is 0.191 e. The van der Waals surface area contributed by atoms with Gasteiger partial charge in [-0.15, -0.1) is 24.0 Å². The van der Waals surface area contributed by atoms with Crippen LogP contribution in [0.2, 0.25) is 0 Å². The van der Waals surface area contributed by atoms with Gasteiger partial charge in [-0.2, -0.15) is 0 Å². The summed E-state index contributed by atoms with van der Waals surface area (Å²) in [6.45, 7) is 5.52. The van der Waals surface area contributed by atoms with Crippen LogP contribution in [0.5, 0.6) is 11.5 Å². The van der Waals surface area contributed by atoms with Gasteiger partial charge in [-0.3, -0.25) is 0 Å². The quantitative estimate of drug-likeness (QED) is 0.361. The highest BCUT2D eigenvalue weighted by Gasteiger charge is 2.41. The van der Waals surface area contributed by atoms with Gasteiger partial charge < -0.3 is 24.8 Å². The van der Waals surface area contributed by atoms with E-state index in [0.717, 1.165) is 36.8 Å². The van der Waals surface area contributed by atoms with Gasteiger partial charge in [-0.05, 0) is 57.4 Å². The van der Waals surface area contributed by atoms with E-state index in [9.17, 15) is 0 Å². The molecule has 0 saturated carbocycles. The van der Waals surface area contributed by atoms with Crippen molar-refractivity contribution < 1.29 is 14.2 Å². The molecular weight excluding hydrogens is 445 g/mol. The Morgan fingerprint density at radius 3 is 2.58 bits per heavy atom. The molecule has 2 aliphatic rings. The molecule has 0 amide bonds. The SMILES string of the molecule is CCNC(=NCC(C)Oc1ccc(OC)cc1)NC1CC2CCC1O2.I. The second-order valence-electron chi connectivity index (χ2n) is 6.68. The minimum Gasteiger partial charge on any atom is -0.497 e. The molecule has 0 radical (unpaired) electrons. The molecule has 0 spiro atoms. The fourth-order valence-corrected chi connectivity index (χ4v) is 3.43. The molecule has 4 unspecified atom stereocenters. The second kappa shape index (κ2) is 10.2. The average molecular weight is 475 g/mol. The summed E-state index contributed by atoms with van der Waals surface area (Å²) < 4.78 is 17.0. The van der Waals surface area contributed by atoms with Gasteiger partial charge in [0.15, 0.2) is 5.96 Å². The summed E-state index contributed by atoms with van der Waals surface area (Å²) >= 11 is 0. The largest absolute Gasteiger partial charge is 0.497 e. The molecule has 2 aliphatic heterocycles. The minimum atomic E-state index is -0.0138. The lowest BCUT2D eigenvalue weighted by Crippen LogP contribution is -2.47. The van der Waals surface area contributed by atoms with Crippen LogP contribution in [0.4, 0.5) is 0 Å². The predicted molar refractivity (Wildman–Crippen MR) is 114 cm³/mol. The van der Waals surface area contributed by atoms with Crippen molar-refractivity contribution in [2.24, 2.45) is 4.99 Å². The first-order valence-corrected chi connectivity index (χ1v) is 9.19. The number of hydrogen-bond acceptors (Lipinski definition) is 4. The summed E-state index contributed by atoms with van der Waals surface area (Å²) in [6.07, 6.45) is 4.18. The Kier molecular flexibility index (Phi) is 8.27. The van der Waals surface area contributed by atoms with Crippen LogP contribution >= 0.6 is 24.0 Å². The van der Waals surface area contributed by atoms with Crippen LogP contribution in [-0.4, -0.2) is 50.5 Å². The third kappa shape index (κ3) is 5.64. The molecule has 3 rings (SSSR count). The number of ether oxygens (including phenoxy) is 3. The van der Waals surface area contributed by atoms with Gasteiger partial charge in [0, 0.05) is 6.54 Å². The molecule has 26 heavy (non-hydrogen) atoms. The van der Waals surface area contributed by atoms with Crippen LogP contribution in [0.15, 0.2) is 29.3 Å². The lowest BCUT2D eigenvalue weighted by atomic mass is 9.96. The highest BCUT2D eigenvalue weighted by molar-refractivity contribution is 14.0. The van der Waals surface area contributed by atoms with E-state index >= 15 is 0 Å². The molecule has 0 aliphatic carbocycles. The summed E-state index contributed by atoms with van der Waals surface area (Å²) in [6, 6.07) is 7.98. The van der Waals surface area contributed by atoms with Crippen molar-refractivity contribution >= 4 is 29.9 Å². The molecule has 7 heteroatoms. The lowest BCUT2D eigenvalue weighted by Gasteiger charge is -2.23. The first-order chi connectivity index (χ1) is 12.2. The highest BCUT2D eigenvalue weighted by atomic mass is 127. The molecule has 2 bridgehead atoms. The molecule has 1 aromatic rings. The predicted octanol–water partition coefficient (Wildman–Crippen LogP) is 2.96. The molecule has 4 atom stereocenters. The second-order valence-corrected chi connectivity index (χ2v) is 6.68. The normalized spacial score (nSPS) is 25.3. The van der Waals surface area contributed by atoms with E-state index in [1.54, 1.807) is 7.11 Å². The third-order valence-electron chi connectivity index (χ3n) is 4.68. The number of halogens is 1. The van der Waals surface area contributed by atoms with Gasteiger partial charge in [-0.25, -0.2) is 4.99 Å². The van der Waals surface area contributed by atoms with Crippen molar-refractivity contribution in [3.05, 3.63) is 24.3 Å². The van der Waals surface area contributed by atoms with Gasteiger partial charge in [-0.1, -0.05) is 0 Å². The minimum absolute atomic E-state index is 0. The zero-order chi connectivity index (χ0) is 17.6. The number of fused-ring (bicyclic) bond motifs is 2. The Bertz CT molecular complexity index is 582. The number of rotatable bonds is 7. The van der Waals surface area contributed by atoms with E-state index < -0.39 is 0 Å². The third-order valence-corrected chi connectivity index (χ3v) is 4.68. The van der Waals surface area contributed by atoms with Crippen molar-refractivity contribution in [1.29, 1.82) is 0 Å². The molecule has 2 saturated heterocycles. The van der Waals surface area contributed by atoms with E-state index in [1.165, 1.54) is 6.42 Å². The Balaban J connectivity index is 0.00000243. The van der Waals surface area contributed by atoms with Crippen molar-refractivity contribution in [2.75, 3.05) is 20.2 Å². The monoisotopic (exact) mass is 475 g/mol. The number of aliphatic imine (C=N–C) groups is 1. The van der Waals surface area contributed by atoms with E-state index in [4.69, 9.17) is 14.2 Å². The maximum absolute atomic E-state index is 5.92. The Labute approximate surface area is 173 Å². The van der Waals surface area contributed by atoms with E-state index in [2.05, 4.69) is 22.5 Å². The topological polar surface area (TPSA) is 64.1 Å². The average Bonchev–Trinajstić information content (AvgIpc) is 3.23. The van der Waals surface area contributed by atoms with Gasteiger partial charge in [0.1, 0.15) is 17.6 Å². The van der Waals surface area contributed by atoms with Gasteiger partial charge >= 0.3 is 0 Å². The first kappa shape index (κ1) is 21.1. The molecule has 2 heterocycles. The summed E-state index contributed by atoms with van der Waals surface area (Å²) in [5, 5.41) is 6.84. The molecule has 0 aromatic heterocycles. The zero-order valence-electron chi connectivity index (χ0n) is 15.7. The Morgan fingerprint density at radius 1 is 1.27 bits per heavy atom. The summed E-state index contributed by atoms with van der Waals surface area (Å²) in [5.41, 5.74) is 0. The number of guanidine groups is 1. The number of hydrogen-bond donors (Lipinski definition) is 2. The van der Waals surface area contributed by atoms with Crippen molar-refractivity contribution in [3.63, 3.8) is 0 Å². The van der Waals surface area contributed by atoms with Crippen molar-refractivity contribution in [3.8, 4) is 11.5 Å². The zero-order valence-corrected chi connectivity index (χ0v) is 18.1. The summed E-state index contributed by atoms with van der Waals surface area (Å²) in [5.74, 6) is 2.49. The van der Waals surface area contributed by atoms with Crippen molar-refractivity contribution in [2.45, 2.75) is 57.5 Å². The fourth-order valence-electron chi connectivity index (χ4n) is 3.43. The Hall–Kier alpha value is -1.22. The fraction of sp³-hybridized carbons (Fsp3) is 0.632. The van der Waals surface area contributed by atoms with Gasteiger partial charge in [0.05, 0.1) is 31.9 Å². The molecule has 1 aromatic carbocycles. The van der Waals surface area contributed by atoms with E-state index in [0.29, 0.717) is 24.8 Å². The number of nitrogens with zero attached hydrogens (tertiary/aromatic N) is 1. The van der Waals surface area contributed by atoms with Gasteiger partial charge in [0.25, 0.3) is 0 Å². The van der Waals surface area contributed by atoms with Crippen LogP contribution < -0.4 is 20.1 Å². The molecule has 146 valence electrons. The lowest BCUT2D eigenvalue weighted by molar-refractivity contribution is 0.0992. The Morgan fingerprint density at radius 2 is 2.00 bits per heavy atom. The number of nitrogens with one attached hydrogen (secondary N) is 2. The van der Waals surface area contributed by atoms with Gasteiger partial charge in [0.2, 0.25) is 0 Å². The molecular formula is C19H30IN3O3. The van der Waals surface area contributed by atoms with Crippen LogP contribution in [0, 0.1) is 0 Å². The van der Waals surface area contributed by atoms with Crippen LogP contribution in [0.25, 0.3) is 0 Å². The number of benzene rings is 1. The van der Waals surface area contributed by atoms with Crippen LogP contribution in [0.1, 0.15) is 33.1 Å². The maximum atomic E-state index is 5.92. The molecule has 6 nitrogen and oxygen atoms in total. The number of methoxy groups -OCH3 is 1. The van der Waals surface area contributed by atoms with Crippen LogP contribution in [0.3, 0.4) is 0 Å². The molecule has 2 fully saturated rings. The first-order valence-electron chi connectivity index (χ1n) is 9.19.